The van der Waals surface area contributed by atoms with E-state index in [9.17, 15) is 13.2 Å². The maximum Gasteiger partial charge on any atom is 0.213 e. The topological polar surface area (TPSA) is 99.7 Å². The lowest BCUT2D eigenvalue weighted by Crippen LogP contribution is -2.13. The highest BCUT2D eigenvalue weighted by Crippen LogP contribution is 2.30. The average molecular weight is 512 g/mol. The fourth-order valence-electron chi connectivity index (χ4n) is 4.35. The predicted octanol–water partition coefficient (Wildman–Crippen LogP) is 4.68. The highest BCUT2D eigenvalue weighted by molar-refractivity contribution is 7.90. The number of imidazole rings is 1. The van der Waals surface area contributed by atoms with Gasteiger partial charge in [-0.15, -0.1) is 5.10 Å². The lowest BCUT2D eigenvalue weighted by Gasteiger charge is -2.16. The van der Waals surface area contributed by atoms with Gasteiger partial charge < -0.3 is 4.57 Å². The minimum absolute atomic E-state index is 0.206. The Kier molecular flexibility index (Phi) is 6.08. The molecule has 0 aliphatic carbocycles. The summed E-state index contributed by atoms with van der Waals surface area (Å²) in [5.74, 6) is 0.569. The molecule has 0 atom stereocenters. The van der Waals surface area contributed by atoms with Crippen LogP contribution >= 0.6 is 0 Å². The first-order valence-corrected chi connectivity index (χ1v) is 13.5. The van der Waals surface area contributed by atoms with Crippen LogP contribution in [0, 0.1) is 20.8 Å². The molecule has 0 saturated heterocycles. The molecule has 37 heavy (non-hydrogen) atoms. The van der Waals surface area contributed by atoms with E-state index in [2.05, 4.69) is 15.3 Å². The Bertz CT molecular complexity index is 1770. The van der Waals surface area contributed by atoms with Gasteiger partial charge in [0, 0.05) is 18.0 Å². The number of sulfone groups is 1. The molecule has 5 aromatic rings. The second-order valence-corrected chi connectivity index (χ2v) is 11.0. The van der Waals surface area contributed by atoms with Crippen molar-refractivity contribution >= 4 is 15.6 Å². The molecule has 0 aliphatic rings. The van der Waals surface area contributed by atoms with Crippen molar-refractivity contribution in [1.29, 1.82) is 0 Å². The third-order valence-corrected chi connectivity index (χ3v) is 7.23. The third-order valence-electron chi connectivity index (χ3n) is 6.12. The van der Waals surface area contributed by atoms with Crippen molar-refractivity contribution in [3.05, 3.63) is 107 Å². The molecule has 0 saturated carbocycles. The highest BCUT2D eigenvalue weighted by Gasteiger charge is 2.21. The summed E-state index contributed by atoms with van der Waals surface area (Å²) in [7, 11) is -3.38. The molecule has 0 fully saturated rings. The summed E-state index contributed by atoms with van der Waals surface area (Å²) in [6, 6.07) is 19.8. The monoisotopic (exact) mass is 511 g/mol. The van der Waals surface area contributed by atoms with E-state index < -0.39 is 9.84 Å². The van der Waals surface area contributed by atoms with Gasteiger partial charge in [0.1, 0.15) is 11.5 Å². The Morgan fingerprint density at radius 2 is 1.62 bits per heavy atom. The van der Waals surface area contributed by atoms with Crippen molar-refractivity contribution in [3.8, 4) is 22.5 Å². The number of carbonyl (C=O) groups excluding carboxylic acids is 1. The van der Waals surface area contributed by atoms with Gasteiger partial charge in [-0.1, -0.05) is 47.2 Å². The van der Waals surface area contributed by atoms with Gasteiger partial charge in [-0.25, -0.2) is 18.1 Å². The normalized spacial score (nSPS) is 11.6. The van der Waals surface area contributed by atoms with Crippen molar-refractivity contribution in [1.82, 2.24) is 24.5 Å². The van der Waals surface area contributed by atoms with E-state index in [0.29, 0.717) is 16.9 Å². The van der Waals surface area contributed by atoms with Crippen LogP contribution in [0.1, 0.15) is 33.1 Å². The maximum absolute atomic E-state index is 13.5. The largest absolute Gasteiger partial charge is 0.302 e. The molecule has 0 bridgehead atoms. The summed E-state index contributed by atoms with van der Waals surface area (Å²) in [5.41, 5.74) is 5.52. The molecule has 0 unspecified atom stereocenters. The molecule has 0 N–H and O–H groups in total. The fourth-order valence-corrected chi connectivity index (χ4v) is 5.01. The van der Waals surface area contributed by atoms with Gasteiger partial charge in [-0.3, -0.25) is 4.79 Å². The third kappa shape index (κ3) is 4.73. The number of aromatic nitrogens is 5. The van der Waals surface area contributed by atoms with Gasteiger partial charge >= 0.3 is 0 Å². The van der Waals surface area contributed by atoms with E-state index in [4.69, 9.17) is 0 Å². The van der Waals surface area contributed by atoms with Gasteiger partial charge in [0.25, 0.3) is 0 Å². The molecular formula is C28H25N5O3S. The van der Waals surface area contributed by atoms with Crippen LogP contribution in [0.15, 0.2) is 84.0 Å². The van der Waals surface area contributed by atoms with Crippen molar-refractivity contribution in [2.45, 2.75) is 25.7 Å². The molecule has 8 nitrogen and oxygen atoms in total. The molecule has 3 aromatic carbocycles. The number of rotatable bonds is 6. The summed E-state index contributed by atoms with van der Waals surface area (Å²) < 4.78 is 27.8. The minimum Gasteiger partial charge on any atom is -0.302 e. The first-order chi connectivity index (χ1) is 17.6. The summed E-state index contributed by atoms with van der Waals surface area (Å²) >= 11 is 0. The van der Waals surface area contributed by atoms with Crippen LogP contribution in [-0.2, 0) is 9.84 Å². The van der Waals surface area contributed by atoms with E-state index >= 15 is 0 Å². The quantitative estimate of drug-likeness (QED) is 0.307. The Balaban J connectivity index is 1.72. The molecule has 0 spiro atoms. The van der Waals surface area contributed by atoms with Crippen LogP contribution in [0.2, 0.25) is 0 Å². The number of hydrogen-bond acceptors (Lipinski definition) is 6. The smallest absolute Gasteiger partial charge is 0.213 e. The molecule has 186 valence electrons. The molecule has 2 aromatic heterocycles. The molecule has 0 aliphatic heterocycles. The first kappa shape index (κ1) is 24.3. The van der Waals surface area contributed by atoms with Crippen LogP contribution in [0.4, 0.5) is 0 Å². The predicted molar refractivity (Wildman–Crippen MR) is 141 cm³/mol. The van der Waals surface area contributed by atoms with Crippen LogP contribution in [-0.4, -0.2) is 45.0 Å². The Hall–Kier alpha value is -4.37. The van der Waals surface area contributed by atoms with Crippen LogP contribution in [0.3, 0.4) is 0 Å². The first-order valence-electron chi connectivity index (χ1n) is 11.6. The molecule has 0 radical (unpaired) electrons. The Morgan fingerprint density at radius 1 is 0.865 bits per heavy atom. The number of aryl methyl sites for hydroxylation is 3. The summed E-state index contributed by atoms with van der Waals surface area (Å²) in [6.45, 7) is 5.75. The van der Waals surface area contributed by atoms with Crippen LogP contribution in [0.25, 0.3) is 22.5 Å². The summed E-state index contributed by atoms with van der Waals surface area (Å²) in [5, 5.41) is 8.35. The second-order valence-electron chi connectivity index (χ2n) is 9.03. The fraction of sp³-hybridized carbons (Fsp3) is 0.143. The van der Waals surface area contributed by atoms with E-state index in [1.54, 1.807) is 24.3 Å². The van der Waals surface area contributed by atoms with Gasteiger partial charge in [-0.05, 0) is 62.2 Å². The number of benzene rings is 3. The van der Waals surface area contributed by atoms with Gasteiger partial charge in [0.2, 0.25) is 5.78 Å². The van der Waals surface area contributed by atoms with Crippen LogP contribution in [0.5, 0.6) is 0 Å². The van der Waals surface area contributed by atoms with E-state index in [1.165, 1.54) is 17.1 Å². The minimum atomic E-state index is -3.38. The maximum atomic E-state index is 13.5. The van der Waals surface area contributed by atoms with Crippen molar-refractivity contribution < 1.29 is 13.2 Å². The molecule has 9 heteroatoms. The standard InChI is InChI=1S/C28H25N5O3S/c1-18-7-5-9-23(13-18)28(34)27-16-29-31-33(27)26-15-22(21-8-6-10-24(14-21)37(4,35)36)11-12-25(26)32-17-19(2)30-20(32)3/h5-17H,1-4H3. The summed E-state index contributed by atoms with van der Waals surface area (Å²) in [4.78, 5) is 18.3. The lowest BCUT2D eigenvalue weighted by atomic mass is 10.0. The van der Waals surface area contributed by atoms with Crippen LogP contribution < -0.4 is 0 Å². The lowest BCUT2D eigenvalue weighted by molar-refractivity contribution is 0.103. The SMILES string of the molecule is Cc1cccc(C(=O)c2cnnn2-c2cc(-c3cccc(S(C)(=O)=O)c3)ccc2-n2cc(C)nc2C)c1. The molecule has 2 heterocycles. The zero-order chi connectivity index (χ0) is 26.3. The molecule has 0 amide bonds. The highest BCUT2D eigenvalue weighted by atomic mass is 32.2. The number of ketones is 1. The number of hydrogen-bond donors (Lipinski definition) is 0. The van der Waals surface area contributed by atoms with Gasteiger partial charge in [-0.2, -0.15) is 0 Å². The second kappa shape index (κ2) is 9.25. The van der Waals surface area contributed by atoms with Crippen molar-refractivity contribution in [2.24, 2.45) is 0 Å². The molecule has 5 rings (SSSR count). The summed E-state index contributed by atoms with van der Waals surface area (Å²) in [6.07, 6.45) is 4.55. The Morgan fingerprint density at radius 3 is 2.32 bits per heavy atom. The number of nitrogens with zero attached hydrogens (tertiary/aromatic N) is 5. The molecular weight excluding hydrogens is 486 g/mol. The van der Waals surface area contributed by atoms with Crippen molar-refractivity contribution in [3.63, 3.8) is 0 Å². The zero-order valence-electron chi connectivity index (χ0n) is 20.9. The Labute approximate surface area is 215 Å². The van der Waals surface area contributed by atoms with E-state index in [0.717, 1.165) is 33.9 Å². The van der Waals surface area contributed by atoms with Gasteiger partial charge in [0.15, 0.2) is 9.84 Å². The number of carbonyl (C=O) groups is 1. The average Bonchev–Trinajstić information content (AvgIpc) is 3.48. The van der Waals surface area contributed by atoms with Gasteiger partial charge in [0.05, 0.1) is 28.2 Å². The van der Waals surface area contributed by atoms with E-state index in [1.807, 2.05) is 74.0 Å². The van der Waals surface area contributed by atoms with E-state index in [-0.39, 0.29) is 10.7 Å². The zero-order valence-corrected chi connectivity index (χ0v) is 21.7. The van der Waals surface area contributed by atoms with Crippen molar-refractivity contribution in [2.75, 3.05) is 6.26 Å².